The minimum atomic E-state index is 0.299. The second-order valence-electron chi connectivity index (χ2n) is 3.83. The van der Waals surface area contributed by atoms with Crippen molar-refractivity contribution in [1.82, 2.24) is 5.32 Å². The summed E-state index contributed by atoms with van der Waals surface area (Å²) in [5.74, 6) is 1.00. The Balaban J connectivity index is 1.82. The van der Waals surface area contributed by atoms with Gasteiger partial charge in [0.2, 0.25) is 0 Å². The summed E-state index contributed by atoms with van der Waals surface area (Å²) in [6, 6.07) is 5.19. The van der Waals surface area contributed by atoms with Gasteiger partial charge in [-0.15, -0.1) is 0 Å². The van der Waals surface area contributed by atoms with Crippen LogP contribution in [0.3, 0.4) is 0 Å². The van der Waals surface area contributed by atoms with E-state index >= 15 is 0 Å². The maximum absolute atomic E-state index is 5.70. The van der Waals surface area contributed by atoms with Crippen LogP contribution in [0.25, 0.3) is 0 Å². The van der Waals surface area contributed by atoms with Crippen LogP contribution in [-0.2, 0) is 0 Å². The van der Waals surface area contributed by atoms with E-state index in [1.54, 1.807) is 6.26 Å². The predicted octanol–water partition coefficient (Wildman–Crippen LogP) is 1.42. The number of nitrogens with one attached hydrogen (secondary N) is 1. The van der Waals surface area contributed by atoms with E-state index in [0.717, 1.165) is 18.6 Å². The molecular formula is C10H16N2O. The largest absolute Gasteiger partial charge is 0.468 e. The molecular weight excluding hydrogens is 164 g/mol. The Kier molecular flexibility index (Phi) is 2.38. The quantitative estimate of drug-likeness (QED) is 0.739. The topological polar surface area (TPSA) is 51.2 Å². The molecule has 0 aliphatic heterocycles. The molecule has 1 aromatic rings. The van der Waals surface area contributed by atoms with Gasteiger partial charge in [-0.1, -0.05) is 0 Å². The van der Waals surface area contributed by atoms with E-state index in [0.29, 0.717) is 18.1 Å². The lowest BCUT2D eigenvalue weighted by Crippen LogP contribution is -2.48. The van der Waals surface area contributed by atoms with E-state index < -0.39 is 0 Å². The SMILES string of the molecule is C[C@@H](NC1CC(N)C1)c1ccco1. The number of hydrogen-bond donors (Lipinski definition) is 2. The highest BCUT2D eigenvalue weighted by atomic mass is 16.3. The Morgan fingerprint density at radius 1 is 1.62 bits per heavy atom. The monoisotopic (exact) mass is 180 g/mol. The molecule has 0 radical (unpaired) electrons. The first-order valence-electron chi connectivity index (χ1n) is 4.80. The van der Waals surface area contributed by atoms with Crippen molar-refractivity contribution >= 4 is 0 Å². The van der Waals surface area contributed by atoms with E-state index in [1.165, 1.54) is 0 Å². The van der Waals surface area contributed by atoms with Gasteiger partial charge in [-0.3, -0.25) is 0 Å². The molecule has 3 N–H and O–H groups in total. The number of furan rings is 1. The average molecular weight is 180 g/mol. The summed E-state index contributed by atoms with van der Waals surface area (Å²) in [5.41, 5.74) is 5.70. The molecule has 1 fully saturated rings. The van der Waals surface area contributed by atoms with E-state index in [-0.39, 0.29) is 0 Å². The second-order valence-corrected chi connectivity index (χ2v) is 3.83. The molecule has 0 amide bonds. The third-order valence-electron chi connectivity index (χ3n) is 2.63. The zero-order valence-electron chi connectivity index (χ0n) is 7.86. The Morgan fingerprint density at radius 3 is 2.92 bits per heavy atom. The Hall–Kier alpha value is -0.800. The maximum atomic E-state index is 5.70. The van der Waals surface area contributed by atoms with E-state index in [2.05, 4.69) is 12.2 Å². The fourth-order valence-corrected chi connectivity index (χ4v) is 1.77. The molecule has 13 heavy (non-hydrogen) atoms. The first-order chi connectivity index (χ1) is 6.25. The number of rotatable bonds is 3. The summed E-state index contributed by atoms with van der Waals surface area (Å²) in [6.07, 6.45) is 3.89. The van der Waals surface area contributed by atoms with Crippen molar-refractivity contribution in [3.8, 4) is 0 Å². The molecule has 0 bridgehead atoms. The van der Waals surface area contributed by atoms with Crippen molar-refractivity contribution in [3.63, 3.8) is 0 Å². The van der Waals surface area contributed by atoms with E-state index in [9.17, 15) is 0 Å². The van der Waals surface area contributed by atoms with Crippen LogP contribution in [0.4, 0.5) is 0 Å². The lowest BCUT2D eigenvalue weighted by Gasteiger charge is -2.34. The van der Waals surface area contributed by atoms with Gasteiger partial charge in [-0.2, -0.15) is 0 Å². The summed E-state index contributed by atoms with van der Waals surface area (Å²) in [6.45, 7) is 2.11. The van der Waals surface area contributed by atoms with Gasteiger partial charge >= 0.3 is 0 Å². The lowest BCUT2D eigenvalue weighted by atomic mass is 9.87. The molecule has 3 nitrogen and oxygen atoms in total. The number of hydrogen-bond acceptors (Lipinski definition) is 3. The van der Waals surface area contributed by atoms with Gasteiger partial charge in [-0.05, 0) is 31.9 Å². The first kappa shape index (κ1) is 8.78. The molecule has 0 spiro atoms. The van der Waals surface area contributed by atoms with Crippen molar-refractivity contribution < 1.29 is 4.42 Å². The second kappa shape index (κ2) is 3.52. The standard InChI is InChI=1S/C10H16N2O/c1-7(10-3-2-4-13-10)12-9-5-8(11)6-9/h2-4,7-9,12H,5-6,11H2,1H3/t7-,8?,9?/m1/s1. The van der Waals surface area contributed by atoms with Crippen molar-refractivity contribution in [2.75, 3.05) is 0 Å². The van der Waals surface area contributed by atoms with Crippen molar-refractivity contribution in [2.24, 2.45) is 5.73 Å². The van der Waals surface area contributed by atoms with Gasteiger partial charge in [-0.25, -0.2) is 0 Å². The molecule has 1 atom stereocenters. The van der Waals surface area contributed by atoms with E-state index in [1.807, 2.05) is 12.1 Å². The lowest BCUT2D eigenvalue weighted by molar-refractivity contribution is 0.260. The molecule has 1 saturated carbocycles. The van der Waals surface area contributed by atoms with Gasteiger partial charge in [0, 0.05) is 12.1 Å². The predicted molar refractivity (Wildman–Crippen MR) is 51.3 cm³/mol. The summed E-state index contributed by atoms with van der Waals surface area (Å²) in [4.78, 5) is 0. The fourth-order valence-electron chi connectivity index (χ4n) is 1.77. The normalized spacial score (nSPS) is 29.7. The first-order valence-corrected chi connectivity index (χ1v) is 4.80. The van der Waals surface area contributed by atoms with Gasteiger partial charge < -0.3 is 15.5 Å². The van der Waals surface area contributed by atoms with Crippen LogP contribution in [0.5, 0.6) is 0 Å². The highest BCUT2D eigenvalue weighted by Crippen LogP contribution is 2.22. The Morgan fingerprint density at radius 2 is 2.38 bits per heavy atom. The van der Waals surface area contributed by atoms with Crippen molar-refractivity contribution in [3.05, 3.63) is 24.2 Å². The van der Waals surface area contributed by atoms with Gasteiger partial charge in [0.05, 0.1) is 12.3 Å². The number of nitrogens with two attached hydrogens (primary N) is 1. The third-order valence-corrected chi connectivity index (χ3v) is 2.63. The van der Waals surface area contributed by atoms with Crippen LogP contribution in [0.1, 0.15) is 31.6 Å². The summed E-state index contributed by atoms with van der Waals surface area (Å²) in [7, 11) is 0. The minimum Gasteiger partial charge on any atom is -0.468 e. The molecule has 3 heteroatoms. The molecule has 0 aromatic carbocycles. The van der Waals surface area contributed by atoms with Crippen LogP contribution in [0, 0.1) is 0 Å². The van der Waals surface area contributed by atoms with Gasteiger partial charge in [0.1, 0.15) is 5.76 Å². The van der Waals surface area contributed by atoms with Crippen LogP contribution in [0.15, 0.2) is 22.8 Å². The van der Waals surface area contributed by atoms with Crippen LogP contribution < -0.4 is 11.1 Å². The van der Waals surface area contributed by atoms with Gasteiger partial charge in [0.25, 0.3) is 0 Å². The smallest absolute Gasteiger partial charge is 0.120 e. The summed E-state index contributed by atoms with van der Waals surface area (Å²) < 4.78 is 5.30. The van der Waals surface area contributed by atoms with Gasteiger partial charge in [0.15, 0.2) is 0 Å². The molecule has 1 heterocycles. The van der Waals surface area contributed by atoms with Crippen molar-refractivity contribution in [2.45, 2.75) is 37.9 Å². The molecule has 0 saturated heterocycles. The van der Waals surface area contributed by atoms with E-state index in [4.69, 9.17) is 10.2 Å². The molecule has 1 aromatic heterocycles. The fraction of sp³-hybridized carbons (Fsp3) is 0.600. The van der Waals surface area contributed by atoms with Crippen LogP contribution in [0.2, 0.25) is 0 Å². The Bertz CT molecular complexity index is 252. The van der Waals surface area contributed by atoms with Crippen molar-refractivity contribution in [1.29, 1.82) is 0 Å². The zero-order chi connectivity index (χ0) is 9.26. The molecule has 2 rings (SSSR count). The van der Waals surface area contributed by atoms with Crippen LogP contribution >= 0.6 is 0 Å². The Labute approximate surface area is 78.3 Å². The molecule has 1 aliphatic carbocycles. The summed E-state index contributed by atoms with van der Waals surface area (Å²) >= 11 is 0. The summed E-state index contributed by atoms with van der Waals surface area (Å²) in [5, 5.41) is 3.48. The highest BCUT2D eigenvalue weighted by molar-refractivity contribution is 5.04. The maximum Gasteiger partial charge on any atom is 0.120 e. The molecule has 1 aliphatic rings. The third kappa shape index (κ3) is 1.92. The molecule has 0 unspecified atom stereocenters. The average Bonchev–Trinajstić information content (AvgIpc) is 2.53. The zero-order valence-corrected chi connectivity index (χ0v) is 7.86. The minimum absolute atomic E-state index is 0.299. The molecule has 72 valence electrons. The van der Waals surface area contributed by atoms with Crippen LogP contribution in [-0.4, -0.2) is 12.1 Å². The highest BCUT2D eigenvalue weighted by Gasteiger charge is 2.27.